The molecule has 0 saturated heterocycles. The first-order valence-corrected chi connectivity index (χ1v) is 6.84. The van der Waals surface area contributed by atoms with E-state index in [1.54, 1.807) is 11.4 Å². The maximum atomic E-state index is 13.6. The normalized spacial score (nSPS) is 10.5. The molecule has 0 spiro atoms. The van der Waals surface area contributed by atoms with E-state index in [2.05, 4.69) is 21.2 Å². The van der Waals surface area contributed by atoms with Crippen molar-refractivity contribution in [1.29, 1.82) is 0 Å². The van der Waals surface area contributed by atoms with Crippen LogP contribution < -0.4 is 5.32 Å². The lowest BCUT2D eigenvalue weighted by molar-refractivity contribution is 0.0701. The Labute approximate surface area is 120 Å². The highest BCUT2D eigenvalue weighted by Gasteiger charge is 2.14. The number of benzene rings is 1. The zero-order valence-electron chi connectivity index (χ0n) is 9.41. The van der Waals surface area contributed by atoms with Gasteiger partial charge in [0.1, 0.15) is 22.2 Å². The molecule has 0 saturated carbocycles. The van der Waals surface area contributed by atoms with Gasteiger partial charge in [0, 0.05) is 11.0 Å². The zero-order valence-corrected chi connectivity index (χ0v) is 11.8. The lowest BCUT2D eigenvalue weighted by Gasteiger charge is -2.09. The average Bonchev–Trinajstić information content (AvgIpc) is 2.75. The van der Waals surface area contributed by atoms with E-state index in [9.17, 15) is 13.6 Å². The molecule has 0 aliphatic rings. The Morgan fingerprint density at radius 2 is 2.00 bits per heavy atom. The SMILES string of the molecule is O=C(O)c1sccc1CNc1c(F)cc(Br)cc1F. The zero-order chi connectivity index (χ0) is 14.0. The second kappa shape index (κ2) is 5.66. The molecular formula is C12H8BrF2NO2S. The molecule has 0 unspecified atom stereocenters. The number of aromatic carboxylic acids is 1. The van der Waals surface area contributed by atoms with E-state index in [1.165, 1.54) is 0 Å². The number of hydrogen-bond donors (Lipinski definition) is 2. The van der Waals surface area contributed by atoms with Crippen molar-refractivity contribution in [2.24, 2.45) is 0 Å². The minimum atomic E-state index is -1.05. The number of carboxylic acids is 1. The Morgan fingerprint density at radius 3 is 2.58 bits per heavy atom. The van der Waals surface area contributed by atoms with Gasteiger partial charge in [-0.1, -0.05) is 15.9 Å². The third kappa shape index (κ3) is 3.10. The summed E-state index contributed by atoms with van der Waals surface area (Å²) in [7, 11) is 0. The van der Waals surface area contributed by atoms with Gasteiger partial charge < -0.3 is 10.4 Å². The molecule has 2 N–H and O–H groups in total. The maximum Gasteiger partial charge on any atom is 0.346 e. The second-order valence-corrected chi connectivity index (χ2v) is 5.51. The first-order valence-electron chi connectivity index (χ1n) is 5.17. The summed E-state index contributed by atoms with van der Waals surface area (Å²) in [4.78, 5) is 11.1. The fourth-order valence-electron chi connectivity index (χ4n) is 1.56. The highest BCUT2D eigenvalue weighted by Crippen LogP contribution is 2.25. The van der Waals surface area contributed by atoms with Gasteiger partial charge in [-0.25, -0.2) is 13.6 Å². The van der Waals surface area contributed by atoms with Gasteiger partial charge in [-0.15, -0.1) is 11.3 Å². The quantitative estimate of drug-likeness (QED) is 0.875. The summed E-state index contributed by atoms with van der Waals surface area (Å²) in [5, 5.41) is 13.1. The molecule has 2 rings (SSSR count). The topological polar surface area (TPSA) is 49.3 Å². The van der Waals surface area contributed by atoms with E-state index in [0.29, 0.717) is 10.0 Å². The van der Waals surface area contributed by atoms with E-state index in [1.807, 2.05) is 0 Å². The molecule has 0 atom stereocenters. The fourth-order valence-corrected chi connectivity index (χ4v) is 2.72. The lowest BCUT2D eigenvalue weighted by Crippen LogP contribution is -2.06. The van der Waals surface area contributed by atoms with Gasteiger partial charge in [-0.2, -0.15) is 0 Å². The molecule has 0 bridgehead atoms. The van der Waals surface area contributed by atoms with Crippen LogP contribution in [0.15, 0.2) is 28.1 Å². The molecule has 7 heteroatoms. The summed E-state index contributed by atoms with van der Waals surface area (Å²) >= 11 is 4.05. The van der Waals surface area contributed by atoms with Gasteiger partial charge in [0.15, 0.2) is 0 Å². The Balaban J connectivity index is 2.19. The average molecular weight is 348 g/mol. The van der Waals surface area contributed by atoms with Gasteiger partial charge in [-0.3, -0.25) is 0 Å². The van der Waals surface area contributed by atoms with Crippen LogP contribution in [-0.2, 0) is 6.54 Å². The number of rotatable bonds is 4. The third-order valence-corrected chi connectivity index (χ3v) is 3.81. The molecular weight excluding hydrogens is 340 g/mol. The van der Waals surface area contributed by atoms with E-state index < -0.39 is 17.6 Å². The second-order valence-electron chi connectivity index (χ2n) is 3.68. The largest absolute Gasteiger partial charge is 0.477 e. The maximum absolute atomic E-state index is 13.6. The monoisotopic (exact) mass is 347 g/mol. The number of anilines is 1. The van der Waals surface area contributed by atoms with Crippen molar-refractivity contribution in [3.8, 4) is 0 Å². The summed E-state index contributed by atoms with van der Waals surface area (Å²) in [5.41, 5.74) is 0.213. The van der Waals surface area contributed by atoms with Gasteiger partial charge in [0.2, 0.25) is 0 Å². The smallest absolute Gasteiger partial charge is 0.346 e. The molecule has 19 heavy (non-hydrogen) atoms. The molecule has 2 aromatic rings. The van der Waals surface area contributed by atoms with Crippen molar-refractivity contribution >= 4 is 38.9 Å². The van der Waals surface area contributed by atoms with Crippen LogP contribution in [0.5, 0.6) is 0 Å². The predicted molar refractivity (Wildman–Crippen MR) is 72.7 cm³/mol. The van der Waals surface area contributed by atoms with Crippen molar-refractivity contribution in [2.45, 2.75) is 6.54 Å². The molecule has 1 aromatic carbocycles. The van der Waals surface area contributed by atoms with Crippen LogP contribution in [0.3, 0.4) is 0 Å². The van der Waals surface area contributed by atoms with Crippen LogP contribution >= 0.6 is 27.3 Å². The summed E-state index contributed by atoms with van der Waals surface area (Å²) in [6.07, 6.45) is 0. The summed E-state index contributed by atoms with van der Waals surface area (Å²) in [6.45, 7) is 0.0423. The van der Waals surface area contributed by atoms with Crippen LogP contribution in [0.1, 0.15) is 15.2 Å². The first-order chi connectivity index (χ1) is 8.99. The molecule has 0 amide bonds. The van der Waals surface area contributed by atoms with E-state index in [-0.39, 0.29) is 17.1 Å². The Kier molecular flexibility index (Phi) is 4.16. The Morgan fingerprint density at radius 1 is 1.37 bits per heavy atom. The summed E-state index contributed by atoms with van der Waals surface area (Å²) < 4.78 is 27.4. The van der Waals surface area contributed by atoms with Gasteiger partial charge in [0.25, 0.3) is 0 Å². The minimum absolute atomic E-state index is 0.0423. The molecule has 3 nitrogen and oxygen atoms in total. The van der Waals surface area contributed by atoms with Gasteiger partial charge >= 0.3 is 5.97 Å². The third-order valence-electron chi connectivity index (χ3n) is 2.40. The van der Waals surface area contributed by atoms with Gasteiger partial charge in [-0.05, 0) is 29.1 Å². The predicted octanol–water partition coefficient (Wildman–Crippen LogP) is 4.10. The number of nitrogens with one attached hydrogen (secondary N) is 1. The molecule has 0 fully saturated rings. The fraction of sp³-hybridized carbons (Fsp3) is 0.0833. The standard InChI is InChI=1S/C12H8BrF2NO2S/c13-7-3-8(14)10(9(15)4-7)16-5-6-1-2-19-11(6)12(17)18/h1-4,16H,5H2,(H,17,18). The molecule has 0 radical (unpaired) electrons. The van der Waals surface area contributed by atoms with Crippen LogP contribution in [0, 0.1) is 11.6 Å². The number of carboxylic acid groups (broad SMARTS) is 1. The van der Waals surface area contributed by atoms with Crippen molar-refractivity contribution in [3.63, 3.8) is 0 Å². The van der Waals surface area contributed by atoms with Crippen LogP contribution in [0.25, 0.3) is 0 Å². The number of carbonyl (C=O) groups is 1. The number of hydrogen-bond acceptors (Lipinski definition) is 3. The van der Waals surface area contributed by atoms with Crippen molar-refractivity contribution in [3.05, 3.63) is 50.1 Å². The molecule has 100 valence electrons. The van der Waals surface area contributed by atoms with Crippen molar-refractivity contribution < 1.29 is 18.7 Å². The molecule has 0 aliphatic carbocycles. The summed E-state index contributed by atoms with van der Waals surface area (Å²) in [6, 6.07) is 3.88. The van der Waals surface area contributed by atoms with Crippen LogP contribution in [0.2, 0.25) is 0 Å². The summed E-state index contributed by atoms with van der Waals surface area (Å²) in [5.74, 6) is -2.53. The molecule has 1 heterocycles. The van der Waals surface area contributed by atoms with E-state index in [4.69, 9.17) is 5.11 Å². The lowest BCUT2D eigenvalue weighted by atomic mass is 10.2. The molecule has 1 aromatic heterocycles. The number of halogens is 3. The van der Waals surface area contributed by atoms with Crippen LogP contribution in [0.4, 0.5) is 14.5 Å². The van der Waals surface area contributed by atoms with Crippen LogP contribution in [-0.4, -0.2) is 11.1 Å². The highest BCUT2D eigenvalue weighted by atomic mass is 79.9. The Hall–Kier alpha value is -1.47. The Bertz CT molecular complexity index is 607. The van der Waals surface area contributed by atoms with E-state index in [0.717, 1.165) is 23.5 Å². The first kappa shape index (κ1) is 14.0. The number of thiophene rings is 1. The van der Waals surface area contributed by atoms with Crippen molar-refractivity contribution in [2.75, 3.05) is 5.32 Å². The van der Waals surface area contributed by atoms with Gasteiger partial charge in [0.05, 0.1) is 0 Å². The van der Waals surface area contributed by atoms with E-state index >= 15 is 0 Å². The highest BCUT2D eigenvalue weighted by molar-refractivity contribution is 9.10. The minimum Gasteiger partial charge on any atom is -0.477 e. The van der Waals surface area contributed by atoms with Crippen molar-refractivity contribution in [1.82, 2.24) is 0 Å². The molecule has 0 aliphatic heterocycles.